The molecule has 6 heteroatoms. The number of methoxy groups -OCH3 is 1. The number of piperidine rings is 1. The average Bonchev–Trinajstić information content (AvgIpc) is 2.90. The largest absolute Gasteiger partial charge is 0.377 e. The standard InChI is InChI=1S/C16H28N4O2/c1-13-14(10-17-18-13)11-20-9-5-7-16(12-20,22-4)8-6-15(21)19(2)3/h10H,5-9,11-12H2,1-4H3,(H,17,18)/t16-/m1/s1. The van der Waals surface area contributed by atoms with E-state index in [4.69, 9.17) is 4.74 Å². The molecule has 1 N–H and O–H groups in total. The summed E-state index contributed by atoms with van der Waals surface area (Å²) in [6.45, 7) is 4.87. The predicted molar refractivity (Wildman–Crippen MR) is 85.5 cm³/mol. The first-order valence-electron chi connectivity index (χ1n) is 7.92. The molecule has 0 radical (unpaired) electrons. The van der Waals surface area contributed by atoms with Crippen molar-refractivity contribution in [3.05, 3.63) is 17.5 Å². The van der Waals surface area contributed by atoms with E-state index in [2.05, 4.69) is 15.1 Å². The van der Waals surface area contributed by atoms with Crippen molar-refractivity contribution in [1.29, 1.82) is 0 Å². The summed E-state index contributed by atoms with van der Waals surface area (Å²) in [6.07, 6.45) is 5.33. The van der Waals surface area contributed by atoms with Gasteiger partial charge in [-0.2, -0.15) is 5.10 Å². The second kappa shape index (κ2) is 7.24. The van der Waals surface area contributed by atoms with Crippen LogP contribution in [0.1, 0.15) is 36.9 Å². The van der Waals surface area contributed by atoms with Gasteiger partial charge in [-0.1, -0.05) is 0 Å². The van der Waals surface area contributed by atoms with Crippen LogP contribution in [-0.2, 0) is 16.1 Å². The van der Waals surface area contributed by atoms with E-state index in [0.717, 1.165) is 44.6 Å². The van der Waals surface area contributed by atoms with Gasteiger partial charge in [0.15, 0.2) is 0 Å². The Morgan fingerprint density at radius 2 is 2.32 bits per heavy atom. The Hall–Kier alpha value is -1.40. The zero-order valence-corrected chi connectivity index (χ0v) is 14.2. The van der Waals surface area contributed by atoms with E-state index in [1.165, 1.54) is 5.56 Å². The van der Waals surface area contributed by atoms with Crippen molar-refractivity contribution in [2.75, 3.05) is 34.3 Å². The number of aromatic amines is 1. The van der Waals surface area contributed by atoms with Gasteiger partial charge in [0.25, 0.3) is 0 Å². The van der Waals surface area contributed by atoms with Gasteiger partial charge in [0, 0.05) is 52.0 Å². The molecule has 0 aromatic carbocycles. The summed E-state index contributed by atoms with van der Waals surface area (Å²) < 4.78 is 5.85. The van der Waals surface area contributed by atoms with Gasteiger partial charge in [-0.25, -0.2) is 0 Å². The highest BCUT2D eigenvalue weighted by molar-refractivity contribution is 5.75. The summed E-state index contributed by atoms with van der Waals surface area (Å²) in [5, 5.41) is 7.08. The lowest BCUT2D eigenvalue weighted by Crippen LogP contribution is -2.49. The molecule has 2 heterocycles. The number of nitrogens with zero attached hydrogens (tertiary/aromatic N) is 3. The third kappa shape index (κ3) is 4.08. The van der Waals surface area contributed by atoms with Crippen LogP contribution >= 0.6 is 0 Å². The summed E-state index contributed by atoms with van der Waals surface area (Å²) in [5.41, 5.74) is 2.15. The highest BCUT2D eigenvalue weighted by atomic mass is 16.5. The van der Waals surface area contributed by atoms with E-state index >= 15 is 0 Å². The minimum Gasteiger partial charge on any atom is -0.377 e. The van der Waals surface area contributed by atoms with Crippen LogP contribution in [0.3, 0.4) is 0 Å². The second-order valence-corrected chi connectivity index (χ2v) is 6.51. The minimum absolute atomic E-state index is 0.166. The van der Waals surface area contributed by atoms with Crippen molar-refractivity contribution >= 4 is 5.91 Å². The van der Waals surface area contributed by atoms with E-state index in [1.807, 2.05) is 13.1 Å². The number of hydrogen-bond acceptors (Lipinski definition) is 4. The van der Waals surface area contributed by atoms with E-state index in [1.54, 1.807) is 26.1 Å². The summed E-state index contributed by atoms with van der Waals surface area (Å²) in [7, 11) is 5.38. The molecule has 1 aliphatic heterocycles. The SMILES string of the molecule is CO[C@@]1(CCC(=O)N(C)C)CCCN(Cc2cn[nH]c2C)C1. The van der Waals surface area contributed by atoms with Crippen molar-refractivity contribution in [2.24, 2.45) is 0 Å². The second-order valence-electron chi connectivity index (χ2n) is 6.51. The Labute approximate surface area is 132 Å². The lowest BCUT2D eigenvalue weighted by atomic mass is 9.87. The van der Waals surface area contributed by atoms with Crippen LogP contribution in [0.2, 0.25) is 0 Å². The van der Waals surface area contributed by atoms with E-state index in [0.29, 0.717) is 6.42 Å². The van der Waals surface area contributed by atoms with E-state index in [9.17, 15) is 4.79 Å². The molecule has 1 atom stereocenters. The molecule has 1 aliphatic rings. The van der Waals surface area contributed by atoms with Gasteiger partial charge in [-0.15, -0.1) is 0 Å². The Morgan fingerprint density at radius 1 is 1.55 bits per heavy atom. The van der Waals surface area contributed by atoms with Crippen molar-refractivity contribution in [3.63, 3.8) is 0 Å². The maximum atomic E-state index is 11.9. The number of nitrogens with one attached hydrogen (secondary N) is 1. The zero-order valence-electron chi connectivity index (χ0n) is 14.2. The minimum atomic E-state index is -0.207. The van der Waals surface area contributed by atoms with Crippen LogP contribution < -0.4 is 0 Å². The molecule has 6 nitrogen and oxygen atoms in total. The van der Waals surface area contributed by atoms with E-state index < -0.39 is 0 Å². The van der Waals surface area contributed by atoms with Crippen LogP contribution in [0.25, 0.3) is 0 Å². The first kappa shape index (κ1) is 17.0. The third-order valence-corrected chi connectivity index (χ3v) is 4.67. The third-order valence-electron chi connectivity index (χ3n) is 4.67. The topological polar surface area (TPSA) is 61.5 Å². The molecule has 0 aliphatic carbocycles. The lowest BCUT2D eigenvalue weighted by Gasteiger charge is -2.42. The van der Waals surface area contributed by atoms with Gasteiger partial charge >= 0.3 is 0 Å². The Balaban J connectivity index is 1.96. The number of amides is 1. The number of hydrogen-bond donors (Lipinski definition) is 1. The number of aryl methyl sites for hydroxylation is 1. The predicted octanol–water partition coefficient (Wildman–Crippen LogP) is 1.57. The summed E-state index contributed by atoms with van der Waals surface area (Å²) in [6, 6.07) is 0. The highest BCUT2D eigenvalue weighted by Crippen LogP contribution is 2.30. The zero-order chi connectivity index (χ0) is 16.2. The molecule has 22 heavy (non-hydrogen) atoms. The highest BCUT2D eigenvalue weighted by Gasteiger charge is 2.36. The molecular formula is C16H28N4O2. The molecule has 0 spiro atoms. The smallest absolute Gasteiger partial charge is 0.222 e. The van der Waals surface area contributed by atoms with Crippen LogP contribution in [0.5, 0.6) is 0 Å². The van der Waals surface area contributed by atoms with Gasteiger partial charge in [0.05, 0.1) is 11.8 Å². The summed E-state index contributed by atoms with van der Waals surface area (Å²) in [5.74, 6) is 0.166. The number of likely N-dealkylation sites (tertiary alicyclic amines) is 1. The van der Waals surface area contributed by atoms with Crippen molar-refractivity contribution < 1.29 is 9.53 Å². The van der Waals surface area contributed by atoms with Crippen LogP contribution in [0.4, 0.5) is 0 Å². The number of ether oxygens (including phenoxy) is 1. The normalized spacial score (nSPS) is 22.7. The monoisotopic (exact) mass is 308 g/mol. The fourth-order valence-electron chi connectivity index (χ4n) is 3.13. The fraction of sp³-hybridized carbons (Fsp3) is 0.750. The number of carbonyl (C=O) groups excluding carboxylic acids is 1. The Kier molecular flexibility index (Phi) is 5.58. The molecule has 2 rings (SSSR count). The number of aromatic nitrogens is 2. The fourth-order valence-corrected chi connectivity index (χ4v) is 3.13. The maximum absolute atomic E-state index is 11.9. The van der Waals surface area contributed by atoms with Gasteiger partial charge in [0.2, 0.25) is 5.91 Å². The maximum Gasteiger partial charge on any atom is 0.222 e. The molecule has 0 bridgehead atoms. The molecule has 0 saturated carbocycles. The number of H-pyrrole nitrogens is 1. The Morgan fingerprint density at radius 3 is 2.91 bits per heavy atom. The lowest BCUT2D eigenvalue weighted by molar-refractivity contribution is -0.131. The van der Waals surface area contributed by atoms with Crippen LogP contribution in [0, 0.1) is 6.92 Å². The molecule has 124 valence electrons. The van der Waals surface area contributed by atoms with Gasteiger partial charge < -0.3 is 9.64 Å². The summed E-state index contributed by atoms with van der Waals surface area (Å²) >= 11 is 0. The van der Waals surface area contributed by atoms with Crippen molar-refractivity contribution in [1.82, 2.24) is 20.0 Å². The van der Waals surface area contributed by atoms with Crippen molar-refractivity contribution in [3.8, 4) is 0 Å². The summed E-state index contributed by atoms with van der Waals surface area (Å²) in [4.78, 5) is 15.9. The van der Waals surface area contributed by atoms with Crippen LogP contribution in [-0.4, -0.2) is 65.8 Å². The molecule has 1 fully saturated rings. The average molecular weight is 308 g/mol. The molecule has 0 unspecified atom stereocenters. The number of rotatable bonds is 6. The van der Waals surface area contributed by atoms with Crippen LogP contribution in [0.15, 0.2) is 6.20 Å². The number of carbonyl (C=O) groups is 1. The van der Waals surface area contributed by atoms with Gasteiger partial charge in [-0.3, -0.25) is 14.8 Å². The first-order chi connectivity index (χ1) is 10.5. The molecule has 1 aromatic heterocycles. The molecular weight excluding hydrogens is 280 g/mol. The van der Waals surface area contributed by atoms with Gasteiger partial charge in [-0.05, 0) is 32.7 Å². The Bertz CT molecular complexity index is 500. The first-order valence-corrected chi connectivity index (χ1v) is 7.92. The molecule has 1 amide bonds. The molecule has 1 saturated heterocycles. The van der Waals surface area contributed by atoms with E-state index in [-0.39, 0.29) is 11.5 Å². The molecule has 1 aromatic rings. The van der Waals surface area contributed by atoms with Gasteiger partial charge in [0.1, 0.15) is 0 Å². The quantitative estimate of drug-likeness (QED) is 0.866. The van der Waals surface area contributed by atoms with Crippen molar-refractivity contribution in [2.45, 2.75) is 44.8 Å².